The largest absolute Gasteiger partial charge is 0.456 e. The highest BCUT2D eigenvalue weighted by atomic mass is 32.2. The summed E-state index contributed by atoms with van der Waals surface area (Å²) < 4.78 is 31.8. The zero-order valence-corrected chi connectivity index (χ0v) is 16.6. The quantitative estimate of drug-likeness (QED) is 0.297. The summed E-state index contributed by atoms with van der Waals surface area (Å²) >= 11 is 0. The third kappa shape index (κ3) is 4.11. The lowest BCUT2D eigenvalue weighted by molar-refractivity contribution is -0.384. The summed E-state index contributed by atoms with van der Waals surface area (Å²) in [6, 6.07) is 5.85. The van der Waals surface area contributed by atoms with Crippen molar-refractivity contribution in [1.29, 1.82) is 0 Å². The SMILES string of the molecule is Cc1cc(C(=O)COC(=O)[C@H](C)S(=O)(=O)c2ccc([N+](=O)[O-])cc2)c(C)n1C. The maximum absolute atomic E-state index is 12.5. The molecule has 150 valence electrons. The molecule has 1 heterocycles. The molecule has 0 radical (unpaired) electrons. The van der Waals surface area contributed by atoms with E-state index in [1.54, 1.807) is 20.0 Å². The van der Waals surface area contributed by atoms with E-state index in [2.05, 4.69) is 0 Å². The fourth-order valence-electron chi connectivity index (χ4n) is 2.56. The lowest BCUT2D eigenvalue weighted by Gasteiger charge is -2.12. The van der Waals surface area contributed by atoms with Gasteiger partial charge < -0.3 is 9.30 Å². The Morgan fingerprint density at radius 3 is 2.25 bits per heavy atom. The molecule has 28 heavy (non-hydrogen) atoms. The fraction of sp³-hybridized carbons (Fsp3) is 0.333. The average Bonchev–Trinajstić information content (AvgIpc) is 2.92. The first-order valence-corrected chi connectivity index (χ1v) is 9.82. The van der Waals surface area contributed by atoms with Crippen LogP contribution in [0.4, 0.5) is 5.69 Å². The molecule has 0 aliphatic rings. The van der Waals surface area contributed by atoms with Crippen LogP contribution in [0.25, 0.3) is 0 Å². The average molecular weight is 408 g/mol. The lowest BCUT2D eigenvalue weighted by Crippen LogP contribution is -2.30. The van der Waals surface area contributed by atoms with Gasteiger partial charge in [-0.25, -0.2) is 8.42 Å². The van der Waals surface area contributed by atoms with E-state index in [1.807, 2.05) is 11.5 Å². The van der Waals surface area contributed by atoms with Crippen molar-refractivity contribution in [2.75, 3.05) is 6.61 Å². The van der Waals surface area contributed by atoms with Crippen LogP contribution in [0, 0.1) is 24.0 Å². The molecule has 2 aromatic rings. The van der Waals surface area contributed by atoms with Crippen LogP contribution in [0.1, 0.15) is 28.7 Å². The van der Waals surface area contributed by atoms with Crippen molar-refractivity contribution in [3.05, 3.63) is 57.4 Å². The number of non-ortho nitro benzene ring substituents is 1. The maximum Gasteiger partial charge on any atom is 0.324 e. The topological polar surface area (TPSA) is 126 Å². The van der Waals surface area contributed by atoms with Gasteiger partial charge in [-0.05, 0) is 39.0 Å². The highest BCUT2D eigenvalue weighted by molar-refractivity contribution is 7.92. The first-order chi connectivity index (χ1) is 13.0. The number of aryl methyl sites for hydroxylation is 1. The van der Waals surface area contributed by atoms with Crippen LogP contribution in [-0.4, -0.2) is 41.5 Å². The number of hydrogen-bond donors (Lipinski definition) is 0. The molecule has 0 aliphatic carbocycles. The van der Waals surface area contributed by atoms with Crippen LogP contribution in [0.5, 0.6) is 0 Å². The van der Waals surface area contributed by atoms with E-state index < -0.39 is 38.4 Å². The van der Waals surface area contributed by atoms with Gasteiger partial charge in [0.1, 0.15) is 0 Å². The summed E-state index contributed by atoms with van der Waals surface area (Å²) in [6.07, 6.45) is 0. The number of esters is 1. The lowest BCUT2D eigenvalue weighted by atomic mass is 10.1. The summed E-state index contributed by atoms with van der Waals surface area (Å²) in [5, 5.41) is 9.10. The van der Waals surface area contributed by atoms with Crippen molar-refractivity contribution in [2.45, 2.75) is 30.9 Å². The van der Waals surface area contributed by atoms with E-state index in [0.717, 1.165) is 36.9 Å². The molecule has 9 nitrogen and oxygen atoms in total. The third-order valence-corrected chi connectivity index (χ3v) is 6.65. The Labute approximate surface area is 162 Å². The van der Waals surface area contributed by atoms with Crippen LogP contribution in [0.15, 0.2) is 35.2 Å². The fourth-order valence-corrected chi connectivity index (χ4v) is 3.80. The molecule has 0 saturated heterocycles. The van der Waals surface area contributed by atoms with Crippen LogP contribution >= 0.6 is 0 Å². The number of ketones is 1. The Balaban J connectivity index is 2.09. The van der Waals surface area contributed by atoms with Gasteiger partial charge in [-0.2, -0.15) is 0 Å². The van der Waals surface area contributed by atoms with Crippen molar-refractivity contribution in [3.63, 3.8) is 0 Å². The minimum absolute atomic E-state index is 0.247. The molecular formula is C18H20N2O7S. The maximum atomic E-state index is 12.5. The normalized spacial score (nSPS) is 12.4. The van der Waals surface area contributed by atoms with Crippen LogP contribution < -0.4 is 0 Å². The van der Waals surface area contributed by atoms with Gasteiger partial charge in [0.15, 0.2) is 21.7 Å². The van der Waals surface area contributed by atoms with E-state index in [9.17, 15) is 28.1 Å². The number of ether oxygens (including phenoxy) is 1. The molecule has 0 amide bonds. The van der Waals surface area contributed by atoms with Gasteiger partial charge in [-0.15, -0.1) is 0 Å². The van der Waals surface area contributed by atoms with Crippen molar-refractivity contribution >= 4 is 27.3 Å². The molecule has 0 spiro atoms. The number of nitro benzene ring substituents is 1. The molecule has 10 heteroatoms. The highest BCUT2D eigenvalue weighted by Crippen LogP contribution is 2.21. The first-order valence-electron chi connectivity index (χ1n) is 8.28. The van der Waals surface area contributed by atoms with E-state index in [-0.39, 0.29) is 10.6 Å². The van der Waals surface area contributed by atoms with Gasteiger partial charge in [0, 0.05) is 36.1 Å². The van der Waals surface area contributed by atoms with Crippen molar-refractivity contribution in [3.8, 4) is 0 Å². The zero-order valence-electron chi connectivity index (χ0n) is 15.8. The second-order valence-electron chi connectivity index (χ2n) is 6.31. The molecule has 0 aliphatic heterocycles. The number of nitrogens with zero attached hydrogens (tertiary/aromatic N) is 2. The van der Waals surface area contributed by atoms with E-state index in [4.69, 9.17) is 4.74 Å². The molecule has 1 aromatic carbocycles. The number of carbonyl (C=O) groups is 2. The molecule has 2 rings (SSSR count). The standard InChI is InChI=1S/C18H20N2O7S/c1-11-9-16(12(2)19(11)4)17(21)10-27-18(22)13(3)28(25,26)15-7-5-14(6-8-15)20(23)24/h5-9,13H,10H2,1-4H3/t13-/m0/s1. The molecule has 0 N–H and O–H groups in total. The number of Topliss-reactive ketones (excluding diaryl/α,β-unsaturated/α-hetero) is 1. The summed E-state index contributed by atoms with van der Waals surface area (Å²) in [6.45, 7) is 4.14. The molecule has 1 aromatic heterocycles. The van der Waals surface area contributed by atoms with Gasteiger partial charge in [0.2, 0.25) is 5.78 Å². The van der Waals surface area contributed by atoms with E-state index in [0.29, 0.717) is 11.3 Å². The number of aromatic nitrogens is 1. The molecule has 0 unspecified atom stereocenters. The Hall–Kier alpha value is -3.01. The van der Waals surface area contributed by atoms with Crippen molar-refractivity contribution < 1.29 is 27.7 Å². The molecular weight excluding hydrogens is 388 g/mol. The van der Waals surface area contributed by atoms with Crippen LogP contribution in [-0.2, 0) is 26.4 Å². The van der Waals surface area contributed by atoms with Gasteiger partial charge in [-0.1, -0.05) is 0 Å². The summed E-state index contributed by atoms with van der Waals surface area (Å²) in [5.74, 6) is -1.51. The van der Waals surface area contributed by atoms with Crippen molar-refractivity contribution in [1.82, 2.24) is 4.57 Å². The van der Waals surface area contributed by atoms with E-state index >= 15 is 0 Å². The minimum atomic E-state index is -4.12. The number of carbonyl (C=O) groups excluding carboxylic acids is 2. The van der Waals surface area contributed by atoms with Crippen LogP contribution in [0.2, 0.25) is 0 Å². The monoisotopic (exact) mass is 408 g/mol. The summed E-state index contributed by atoms with van der Waals surface area (Å²) in [4.78, 5) is 34.2. The zero-order chi connectivity index (χ0) is 21.2. The molecule has 0 bridgehead atoms. The minimum Gasteiger partial charge on any atom is -0.456 e. The van der Waals surface area contributed by atoms with Gasteiger partial charge >= 0.3 is 5.97 Å². The summed E-state index contributed by atoms with van der Waals surface area (Å²) in [5.41, 5.74) is 1.71. The van der Waals surface area contributed by atoms with Gasteiger partial charge in [-0.3, -0.25) is 19.7 Å². The summed E-state index contributed by atoms with van der Waals surface area (Å²) in [7, 11) is -2.32. The smallest absolute Gasteiger partial charge is 0.324 e. The number of sulfone groups is 1. The number of nitro groups is 1. The number of benzene rings is 1. The molecule has 1 atom stereocenters. The highest BCUT2D eigenvalue weighted by Gasteiger charge is 2.32. The number of rotatable bonds is 7. The predicted molar refractivity (Wildman–Crippen MR) is 99.9 cm³/mol. The third-order valence-electron chi connectivity index (χ3n) is 4.59. The Bertz CT molecular complexity index is 1040. The predicted octanol–water partition coefficient (Wildman–Crippen LogP) is 2.14. The Morgan fingerprint density at radius 2 is 1.79 bits per heavy atom. The van der Waals surface area contributed by atoms with Gasteiger partial charge in [0.25, 0.3) is 5.69 Å². The second kappa shape index (κ2) is 7.93. The Kier molecular flexibility index (Phi) is 6.03. The van der Waals surface area contributed by atoms with Crippen LogP contribution in [0.3, 0.4) is 0 Å². The molecule has 0 fully saturated rings. The molecule has 0 saturated carbocycles. The van der Waals surface area contributed by atoms with E-state index in [1.165, 1.54) is 0 Å². The Morgan fingerprint density at radius 1 is 1.21 bits per heavy atom. The number of hydrogen-bond acceptors (Lipinski definition) is 7. The second-order valence-corrected chi connectivity index (χ2v) is 8.58. The first kappa shape index (κ1) is 21.3. The van der Waals surface area contributed by atoms with Crippen molar-refractivity contribution in [2.24, 2.45) is 7.05 Å². The van der Waals surface area contributed by atoms with Gasteiger partial charge in [0.05, 0.1) is 9.82 Å².